The van der Waals surface area contributed by atoms with Crippen molar-refractivity contribution in [1.82, 2.24) is 14.8 Å². The summed E-state index contributed by atoms with van der Waals surface area (Å²) in [6.07, 6.45) is 3.72. The minimum atomic E-state index is -0.651. The standard InChI is InChI=1S/C14H22N4O2S/c15-13-16-11(9-21-13)12(19)18-7-3-14(20,4-8-18)10-17-5-1-2-6-17/h9,20H,1-8,10H2,(H2,15,16). The Hall–Kier alpha value is -1.18. The molecule has 1 aromatic rings. The predicted octanol–water partition coefficient (Wildman–Crippen LogP) is 0.788. The number of carbonyl (C=O) groups is 1. The van der Waals surface area contributed by atoms with Gasteiger partial charge in [0.15, 0.2) is 5.13 Å². The molecule has 3 rings (SSSR count). The highest BCUT2D eigenvalue weighted by Gasteiger charge is 2.36. The summed E-state index contributed by atoms with van der Waals surface area (Å²) in [5.41, 5.74) is 5.34. The fourth-order valence-corrected chi connectivity index (χ4v) is 3.73. The van der Waals surface area contributed by atoms with Gasteiger partial charge in [-0.15, -0.1) is 11.3 Å². The summed E-state index contributed by atoms with van der Waals surface area (Å²) >= 11 is 1.28. The van der Waals surface area contributed by atoms with E-state index in [1.54, 1.807) is 10.3 Å². The van der Waals surface area contributed by atoms with Gasteiger partial charge in [0.25, 0.3) is 5.91 Å². The van der Waals surface area contributed by atoms with Crippen LogP contribution in [0.5, 0.6) is 0 Å². The molecule has 0 aromatic carbocycles. The van der Waals surface area contributed by atoms with Crippen LogP contribution in [0.2, 0.25) is 0 Å². The van der Waals surface area contributed by atoms with Crippen molar-refractivity contribution < 1.29 is 9.90 Å². The van der Waals surface area contributed by atoms with Crippen LogP contribution < -0.4 is 5.73 Å². The Morgan fingerprint density at radius 2 is 2.00 bits per heavy atom. The lowest BCUT2D eigenvalue weighted by atomic mass is 9.90. The number of rotatable bonds is 3. The number of β-amino-alcohol motifs (C(OH)–C–C–N with tert-alkyl or cyclic N) is 1. The molecule has 0 bridgehead atoms. The van der Waals surface area contributed by atoms with Crippen molar-refractivity contribution in [3.05, 3.63) is 11.1 Å². The lowest BCUT2D eigenvalue weighted by Crippen LogP contribution is -2.51. The Morgan fingerprint density at radius 3 is 2.57 bits per heavy atom. The largest absolute Gasteiger partial charge is 0.388 e. The minimum Gasteiger partial charge on any atom is -0.388 e. The summed E-state index contributed by atoms with van der Waals surface area (Å²) in [7, 11) is 0. The third-order valence-corrected chi connectivity index (χ3v) is 5.11. The number of amides is 1. The first kappa shape index (κ1) is 14.7. The molecule has 0 saturated carbocycles. The lowest BCUT2D eigenvalue weighted by molar-refractivity contribution is -0.0368. The molecule has 2 fully saturated rings. The van der Waals surface area contributed by atoms with Crippen LogP contribution >= 0.6 is 11.3 Å². The number of aromatic nitrogens is 1. The molecule has 21 heavy (non-hydrogen) atoms. The highest BCUT2D eigenvalue weighted by Crippen LogP contribution is 2.26. The summed E-state index contributed by atoms with van der Waals surface area (Å²) < 4.78 is 0. The topological polar surface area (TPSA) is 82.7 Å². The number of hydrogen-bond donors (Lipinski definition) is 2. The van der Waals surface area contributed by atoms with Gasteiger partial charge < -0.3 is 20.6 Å². The highest BCUT2D eigenvalue weighted by molar-refractivity contribution is 7.13. The number of nitrogens with zero attached hydrogens (tertiary/aromatic N) is 3. The number of likely N-dealkylation sites (tertiary alicyclic amines) is 2. The molecule has 3 N–H and O–H groups in total. The molecule has 3 heterocycles. The molecule has 6 nitrogen and oxygen atoms in total. The Labute approximate surface area is 128 Å². The van der Waals surface area contributed by atoms with Crippen LogP contribution in [0, 0.1) is 0 Å². The van der Waals surface area contributed by atoms with Crippen LogP contribution in [-0.2, 0) is 0 Å². The van der Waals surface area contributed by atoms with Gasteiger partial charge in [-0.1, -0.05) is 0 Å². The minimum absolute atomic E-state index is 0.0776. The molecule has 1 aromatic heterocycles. The van der Waals surface area contributed by atoms with E-state index in [4.69, 9.17) is 5.73 Å². The van der Waals surface area contributed by atoms with Gasteiger partial charge in [-0.3, -0.25) is 4.79 Å². The molecular weight excluding hydrogens is 288 g/mol. The van der Waals surface area contributed by atoms with Crippen molar-refractivity contribution in [3.63, 3.8) is 0 Å². The van der Waals surface area contributed by atoms with Crippen molar-refractivity contribution in [2.45, 2.75) is 31.3 Å². The first-order valence-corrected chi connectivity index (χ1v) is 8.39. The third kappa shape index (κ3) is 3.36. The third-order valence-electron chi connectivity index (χ3n) is 4.44. The van der Waals surface area contributed by atoms with Crippen LogP contribution in [0.1, 0.15) is 36.2 Å². The zero-order chi connectivity index (χ0) is 14.9. The number of nitrogens with two attached hydrogens (primary N) is 1. The molecule has 2 saturated heterocycles. The highest BCUT2D eigenvalue weighted by atomic mass is 32.1. The second-order valence-electron chi connectivity index (χ2n) is 6.07. The number of piperidine rings is 1. The Bertz CT molecular complexity index is 505. The van der Waals surface area contributed by atoms with Gasteiger partial charge >= 0.3 is 0 Å². The molecule has 0 aliphatic carbocycles. The molecular formula is C14H22N4O2S. The number of anilines is 1. The quantitative estimate of drug-likeness (QED) is 0.862. The van der Waals surface area contributed by atoms with Crippen molar-refractivity contribution in [2.24, 2.45) is 0 Å². The number of nitrogen functional groups attached to an aromatic ring is 1. The zero-order valence-electron chi connectivity index (χ0n) is 12.1. The average molecular weight is 310 g/mol. The summed E-state index contributed by atoms with van der Waals surface area (Å²) in [4.78, 5) is 20.4. The van der Waals surface area contributed by atoms with Gasteiger partial charge in [0.05, 0.1) is 5.60 Å². The van der Waals surface area contributed by atoms with Crippen LogP contribution in [0.15, 0.2) is 5.38 Å². The summed E-state index contributed by atoms with van der Waals surface area (Å²) in [5, 5.41) is 12.8. The van der Waals surface area contributed by atoms with Gasteiger partial charge in [0.2, 0.25) is 0 Å². The zero-order valence-corrected chi connectivity index (χ0v) is 12.9. The van der Waals surface area contributed by atoms with Gasteiger partial charge in [-0.2, -0.15) is 0 Å². The molecule has 2 aliphatic rings. The second kappa shape index (κ2) is 5.90. The molecule has 0 atom stereocenters. The van der Waals surface area contributed by atoms with Gasteiger partial charge in [0.1, 0.15) is 5.69 Å². The fourth-order valence-electron chi connectivity index (χ4n) is 3.19. The lowest BCUT2D eigenvalue weighted by Gasteiger charge is -2.40. The van der Waals surface area contributed by atoms with Crippen LogP contribution in [0.3, 0.4) is 0 Å². The van der Waals surface area contributed by atoms with E-state index in [9.17, 15) is 9.90 Å². The summed E-state index contributed by atoms with van der Waals surface area (Å²) in [6.45, 7) is 4.08. The van der Waals surface area contributed by atoms with Gasteiger partial charge in [0, 0.05) is 25.0 Å². The number of aliphatic hydroxyl groups is 1. The van der Waals surface area contributed by atoms with Gasteiger partial charge in [-0.05, 0) is 38.8 Å². The molecule has 116 valence electrons. The second-order valence-corrected chi connectivity index (χ2v) is 6.96. The van der Waals surface area contributed by atoms with Crippen LogP contribution in [0.25, 0.3) is 0 Å². The SMILES string of the molecule is Nc1nc(C(=O)N2CCC(O)(CN3CCCC3)CC2)cs1. The summed E-state index contributed by atoms with van der Waals surface area (Å²) in [6, 6.07) is 0. The molecule has 0 radical (unpaired) electrons. The molecule has 0 spiro atoms. The molecule has 1 amide bonds. The van der Waals surface area contributed by atoms with Crippen molar-refractivity contribution in [3.8, 4) is 0 Å². The van der Waals surface area contributed by atoms with Crippen LogP contribution in [0.4, 0.5) is 5.13 Å². The Balaban J connectivity index is 1.55. The van der Waals surface area contributed by atoms with E-state index in [0.717, 1.165) is 19.6 Å². The van der Waals surface area contributed by atoms with E-state index in [1.807, 2.05) is 0 Å². The summed E-state index contributed by atoms with van der Waals surface area (Å²) in [5.74, 6) is -0.0776. The fraction of sp³-hybridized carbons (Fsp3) is 0.714. The van der Waals surface area contributed by atoms with Crippen molar-refractivity contribution in [1.29, 1.82) is 0 Å². The van der Waals surface area contributed by atoms with E-state index < -0.39 is 5.60 Å². The number of hydrogen-bond acceptors (Lipinski definition) is 6. The number of carbonyl (C=O) groups excluding carboxylic acids is 1. The van der Waals surface area contributed by atoms with E-state index in [1.165, 1.54) is 24.2 Å². The van der Waals surface area contributed by atoms with E-state index in [-0.39, 0.29) is 5.91 Å². The molecule has 7 heteroatoms. The van der Waals surface area contributed by atoms with Crippen molar-refractivity contribution >= 4 is 22.4 Å². The first-order valence-electron chi connectivity index (χ1n) is 7.51. The molecule has 2 aliphatic heterocycles. The van der Waals surface area contributed by atoms with Gasteiger partial charge in [-0.25, -0.2) is 4.98 Å². The monoisotopic (exact) mass is 310 g/mol. The predicted molar refractivity (Wildman–Crippen MR) is 82.3 cm³/mol. The van der Waals surface area contributed by atoms with E-state index in [2.05, 4.69) is 9.88 Å². The maximum absolute atomic E-state index is 12.3. The average Bonchev–Trinajstić information content (AvgIpc) is 3.10. The first-order chi connectivity index (χ1) is 10.1. The number of thiazole rings is 1. The maximum atomic E-state index is 12.3. The Morgan fingerprint density at radius 1 is 1.33 bits per heavy atom. The Kier molecular flexibility index (Phi) is 4.14. The smallest absolute Gasteiger partial charge is 0.273 e. The maximum Gasteiger partial charge on any atom is 0.273 e. The van der Waals surface area contributed by atoms with Crippen molar-refractivity contribution in [2.75, 3.05) is 38.5 Å². The molecule has 0 unspecified atom stereocenters. The normalized spacial score (nSPS) is 22.6. The van der Waals surface area contributed by atoms with Crippen LogP contribution in [-0.4, -0.2) is 64.1 Å². The van der Waals surface area contributed by atoms with E-state index >= 15 is 0 Å². The van der Waals surface area contributed by atoms with E-state index in [0.29, 0.717) is 36.8 Å².